The number of urea groups is 1. The number of morpholine rings is 1. The SMILES string of the molecule is COc1ccc2c(c1)CCN(C(=O)N1CCOCC1)C2Cc1ccccc1. The average molecular weight is 366 g/mol. The summed E-state index contributed by atoms with van der Waals surface area (Å²) in [5, 5.41) is 0. The minimum atomic E-state index is 0.0393. The van der Waals surface area contributed by atoms with E-state index in [9.17, 15) is 4.79 Å². The predicted molar refractivity (Wildman–Crippen MR) is 104 cm³/mol. The number of carbonyl (C=O) groups is 1. The van der Waals surface area contributed by atoms with Crippen molar-refractivity contribution in [3.8, 4) is 5.75 Å². The van der Waals surface area contributed by atoms with Gasteiger partial charge in [0.15, 0.2) is 0 Å². The highest BCUT2D eigenvalue weighted by Crippen LogP contribution is 2.35. The second-order valence-corrected chi connectivity index (χ2v) is 7.10. The van der Waals surface area contributed by atoms with Crippen LogP contribution in [-0.4, -0.2) is 55.8 Å². The molecule has 2 aliphatic rings. The second kappa shape index (κ2) is 8.01. The first-order chi connectivity index (χ1) is 13.3. The van der Waals surface area contributed by atoms with Crippen molar-refractivity contribution in [1.82, 2.24) is 9.80 Å². The van der Waals surface area contributed by atoms with Crippen molar-refractivity contribution >= 4 is 6.03 Å². The zero-order valence-corrected chi connectivity index (χ0v) is 15.8. The molecule has 0 radical (unpaired) electrons. The lowest BCUT2D eigenvalue weighted by molar-refractivity contribution is 0.0381. The molecular formula is C22H26N2O3. The number of methoxy groups -OCH3 is 1. The molecule has 0 aliphatic carbocycles. The van der Waals surface area contributed by atoms with Gasteiger partial charge in [0.2, 0.25) is 0 Å². The summed E-state index contributed by atoms with van der Waals surface area (Å²) >= 11 is 0. The van der Waals surface area contributed by atoms with Crippen molar-refractivity contribution in [2.75, 3.05) is 40.0 Å². The van der Waals surface area contributed by atoms with Gasteiger partial charge in [0.25, 0.3) is 0 Å². The van der Waals surface area contributed by atoms with Gasteiger partial charge in [0.05, 0.1) is 26.4 Å². The Kier molecular flexibility index (Phi) is 5.30. The molecule has 0 saturated carbocycles. The fourth-order valence-electron chi connectivity index (χ4n) is 4.04. The van der Waals surface area contributed by atoms with Gasteiger partial charge in [-0.2, -0.15) is 0 Å². The van der Waals surface area contributed by atoms with Crippen LogP contribution in [-0.2, 0) is 17.6 Å². The molecule has 27 heavy (non-hydrogen) atoms. The number of fused-ring (bicyclic) bond motifs is 1. The zero-order valence-electron chi connectivity index (χ0n) is 15.8. The summed E-state index contributed by atoms with van der Waals surface area (Å²) in [6, 6.07) is 16.8. The summed E-state index contributed by atoms with van der Waals surface area (Å²) < 4.78 is 10.8. The Labute approximate surface area is 160 Å². The molecule has 2 amide bonds. The van der Waals surface area contributed by atoms with Crippen LogP contribution in [0.2, 0.25) is 0 Å². The third-order valence-electron chi connectivity index (χ3n) is 5.51. The van der Waals surface area contributed by atoms with Crippen LogP contribution in [0.15, 0.2) is 48.5 Å². The first-order valence-corrected chi connectivity index (χ1v) is 9.60. The van der Waals surface area contributed by atoms with E-state index in [4.69, 9.17) is 9.47 Å². The lowest BCUT2D eigenvalue weighted by Gasteiger charge is -2.41. The number of hydrogen-bond acceptors (Lipinski definition) is 3. The van der Waals surface area contributed by atoms with Gasteiger partial charge in [-0.05, 0) is 41.7 Å². The highest BCUT2D eigenvalue weighted by atomic mass is 16.5. The molecule has 5 nitrogen and oxygen atoms in total. The van der Waals surface area contributed by atoms with Gasteiger partial charge in [0, 0.05) is 19.6 Å². The summed E-state index contributed by atoms with van der Waals surface area (Å²) in [4.78, 5) is 17.2. The molecule has 1 saturated heterocycles. The summed E-state index contributed by atoms with van der Waals surface area (Å²) in [6.07, 6.45) is 1.67. The van der Waals surface area contributed by atoms with Crippen LogP contribution in [0.1, 0.15) is 22.7 Å². The summed E-state index contributed by atoms with van der Waals surface area (Å²) in [6.45, 7) is 3.31. The standard InChI is InChI=1S/C22H26N2O3/c1-26-19-7-8-20-18(16-19)9-10-24(22(25)23-11-13-27-14-12-23)21(20)15-17-5-3-2-4-6-17/h2-8,16,21H,9-15H2,1H3. The van der Waals surface area contributed by atoms with E-state index < -0.39 is 0 Å². The minimum absolute atomic E-state index is 0.0393. The van der Waals surface area contributed by atoms with Gasteiger partial charge in [-0.3, -0.25) is 0 Å². The molecule has 2 heterocycles. The third kappa shape index (κ3) is 3.78. The third-order valence-corrected chi connectivity index (χ3v) is 5.51. The Bertz CT molecular complexity index is 787. The maximum Gasteiger partial charge on any atom is 0.320 e. The monoisotopic (exact) mass is 366 g/mol. The average Bonchev–Trinajstić information content (AvgIpc) is 2.74. The van der Waals surface area contributed by atoms with Crippen LogP contribution in [0.25, 0.3) is 0 Å². The van der Waals surface area contributed by atoms with Crippen LogP contribution in [0.4, 0.5) is 4.79 Å². The highest BCUT2D eigenvalue weighted by molar-refractivity contribution is 5.75. The Morgan fingerprint density at radius 1 is 1.11 bits per heavy atom. The molecule has 1 unspecified atom stereocenters. The van der Waals surface area contributed by atoms with Gasteiger partial charge in [0.1, 0.15) is 5.75 Å². The van der Waals surface area contributed by atoms with E-state index in [2.05, 4.69) is 36.4 Å². The van der Waals surface area contributed by atoms with Crippen molar-refractivity contribution in [1.29, 1.82) is 0 Å². The van der Waals surface area contributed by atoms with E-state index in [0.29, 0.717) is 26.3 Å². The smallest absolute Gasteiger partial charge is 0.320 e. The van der Waals surface area contributed by atoms with Gasteiger partial charge in [-0.1, -0.05) is 36.4 Å². The van der Waals surface area contributed by atoms with Crippen LogP contribution >= 0.6 is 0 Å². The summed E-state index contributed by atoms with van der Waals surface area (Å²) in [5.41, 5.74) is 3.75. The van der Waals surface area contributed by atoms with Gasteiger partial charge in [-0.25, -0.2) is 4.79 Å². The molecule has 0 spiro atoms. The van der Waals surface area contributed by atoms with E-state index in [1.54, 1.807) is 7.11 Å². The van der Waals surface area contributed by atoms with Crippen molar-refractivity contribution in [3.63, 3.8) is 0 Å². The molecular weight excluding hydrogens is 340 g/mol. The number of nitrogens with zero attached hydrogens (tertiary/aromatic N) is 2. The zero-order chi connectivity index (χ0) is 18.6. The predicted octanol–water partition coefficient (Wildman–Crippen LogP) is 3.29. The number of carbonyl (C=O) groups excluding carboxylic acids is 1. The van der Waals surface area contributed by atoms with Crippen molar-refractivity contribution in [2.24, 2.45) is 0 Å². The molecule has 5 heteroatoms. The van der Waals surface area contributed by atoms with Gasteiger partial charge in [-0.15, -0.1) is 0 Å². The largest absolute Gasteiger partial charge is 0.497 e. The molecule has 2 aromatic rings. The molecule has 4 rings (SSSR count). The number of hydrogen-bond donors (Lipinski definition) is 0. The molecule has 142 valence electrons. The van der Waals surface area contributed by atoms with Crippen molar-refractivity contribution in [2.45, 2.75) is 18.9 Å². The quantitative estimate of drug-likeness (QED) is 0.837. The maximum absolute atomic E-state index is 13.3. The van der Waals surface area contributed by atoms with E-state index in [1.807, 2.05) is 21.9 Å². The Balaban J connectivity index is 1.65. The maximum atomic E-state index is 13.3. The van der Waals surface area contributed by atoms with Crippen LogP contribution in [0, 0.1) is 0 Å². The van der Waals surface area contributed by atoms with Crippen molar-refractivity contribution < 1.29 is 14.3 Å². The van der Waals surface area contributed by atoms with Crippen LogP contribution in [0.5, 0.6) is 5.75 Å². The first kappa shape index (κ1) is 17.9. The molecule has 1 atom stereocenters. The van der Waals surface area contributed by atoms with Gasteiger partial charge < -0.3 is 19.3 Å². The summed E-state index contributed by atoms with van der Waals surface area (Å²) in [7, 11) is 1.69. The Morgan fingerprint density at radius 3 is 2.63 bits per heavy atom. The fourth-order valence-corrected chi connectivity index (χ4v) is 4.04. The molecule has 0 bridgehead atoms. The lowest BCUT2D eigenvalue weighted by atomic mass is 9.88. The first-order valence-electron chi connectivity index (χ1n) is 9.60. The van der Waals surface area contributed by atoms with Gasteiger partial charge >= 0.3 is 6.03 Å². The number of ether oxygens (including phenoxy) is 2. The number of amides is 2. The molecule has 2 aliphatic heterocycles. The highest BCUT2D eigenvalue weighted by Gasteiger charge is 2.34. The normalized spacial score (nSPS) is 19.5. The lowest BCUT2D eigenvalue weighted by Crippen LogP contribution is -2.51. The topological polar surface area (TPSA) is 42.0 Å². The van der Waals surface area contributed by atoms with E-state index >= 15 is 0 Å². The van der Waals surface area contributed by atoms with Crippen LogP contribution in [0.3, 0.4) is 0 Å². The van der Waals surface area contributed by atoms with Crippen molar-refractivity contribution in [3.05, 3.63) is 65.2 Å². The van der Waals surface area contributed by atoms with E-state index in [1.165, 1.54) is 16.7 Å². The Hall–Kier alpha value is -2.53. The minimum Gasteiger partial charge on any atom is -0.497 e. The number of rotatable bonds is 3. The fraction of sp³-hybridized carbons (Fsp3) is 0.409. The van der Waals surface area contributed by atoms with Crippen LogP contribution < -0.4 is 4.74 Å². The summed E-state index contributed by atoms with van der Waals surface area (Å²) in [5.74, 6) is 0.875. The number of benzene rings is 2. The van der Waals surface area contributed by atoms with E-state index in [0.717, 1.165) is 25.1 Å². The van der Waals surface area contributed by atoms with E-state index in [-0.39, 0.29) is 12.1 Å². The molecule has 0 aromatic heterocycles. The molecule has 2 aromatic carbocycles. The molecule has 0 N–H and O–H groups in total. The second-order valence-electron chi connectivity index (χ2n) is 7.10. The Morgan fingerprint density at radius 2 is 1.89 bits per heavy atom. The molecule has 1 fully saturated rings.